The molecule has 0 unspecified atom stereocenters. The summed E-state index contributed by atoms with van der Waals surface area (Å²) in [6.45, 7) is 18.5. The fourth-order valence-electron chi connectivity index (χ4n) is 7.42. The first-order chi connectivity index (χ1) is 23.2. The van der Waals surface area contributed by atoms with E-state index in [-0.39, 0.29) is 16.9 Å². The standard InChI is InChI=1S/C40H51N3O5S/c1-10-25-42-32-17-13-11-15-30(32)39(5,6)34(42)23-21-28-19-20-29(36(28)41(9)37(44)46-38(2,3)4)22-24-35-40(7,8)31-16-12-14-18-33(31)43(35)26-27-49-48-47-45/h11-18,21-24H,10,19-20,25-27H2,1-9H3. The normalized spacial score (nSPS) is 19.8. The van der Waals surface area contributed by atoms with E-state index >= 15 is 0 Å². The summed E-state index contributed by atoms with van der Waals surface area (Å²) in [5.41, 5.74) is 9.37. The summed E-state index contributed by atoms with van der Waals surface area (Å²) in [5.74, 6) is 0.538. The number of ether oxygens (including phenoxy) is 1. The van der Waals surface area contributed by atoms with Crippen LogP contribution in [0.1, 0.15) is 85.8 Å². The maximum atomic E-state index is 13.6. The van der Waals surface area contributed by atoms with E-state index in [0.29, 0.717) is 12.3 Å². The summed E-state index contributed by atoms with van der Waals surface area (Å²) >= 11 is 0.990. The molecule has 0 aromatic heterocycles. The summed E-state index contributed by atoms with van der Waals surface area (Å²) < 4.78 is 12.9. The Morgan fingerprint density at radius 3 is 2.39 bits per heavy atom. The number of rotatable bonds is 11. The topological polar surface area (TPSA) is 77.3 Å². The van der Waals surface area contributed by atoms with Crippen molar-refractivity contribution in [3.8, 4) is 0 Å². The van der Waals surface area contributed by atoms with Gasteiger partial charge >= 0.3 is 6.09 Å². The van der Waals surface area contributed by atoms with Gasteiger partial charge < -0.3 is 14.9 Å². The molecule has 8 nitrogen and oxygen atoms in total. The van der Waals surface area contributed by atoms with Gasteiger partial charge in [0.25, 0.3) is 0 Å². The highest BCUT2D eigenvalue weighted by Crippen LogP contribution is 2.48. The van der Waals surface area contributed by atoms with Crippen LogP contribution < -0.4 is 10.2 Å². The molecule has 0 bridgehead atoms. The zero-order valence-electron chi connectivity index (χ0n) is 30.5. The molecule has 49 heavy (non-hydrogen) atoms. The van der Waals surface area contributed by atoms with Gasteiger partial charge in [-0.1, -0.05) is 69.3 Å². The first-order valence-corrected chi connectivity index (χ1v) is 18.1. The lowest BCUT2D eigenvalue weighted by molar-refractivity contribution is -0.777. The molecule has 0 fully saturated rings. The lowest BCUT2D eigenvalue weighted by atomic mass is 9.81. The van der Waals surface area contributed by atoms with Crippen molar-refractivity contribution in [2.24, 2.45) is 0 Å². The number of nitrogens with zero attached hydrogens (tertiary/aromatic N) is 3. The molecule has 0 saturated heterocycles. The Balaban J connectivity index is 1.58. The van der Waals surface area contributed by atoms with E-state index in [1.54, 1.807) is 4.90 Å². The monoisotopic (exact) mass is 685 g/mol. The number of hydrogen-bond acceptors (Lipinski definition) is 7. The van der Waals surface area contributed by atoms with Crippen molar-refractivity contribution in [2.75, 3.05) is 30.8 Å². The number of carbonyl (C=O) groups excluding carboxylic acids is 1. The van der Waals surface area contributed by atoms with Gasteiger partial charge in [-0.25, -0.2) is 4.79 Å². The number of fused-ring (bicyclic) bond motifs is 2. The molecule has 5 rings (SSSR count). The minimum atomic E-state index is -0.623. The maximum absolute atomic E-state index is 13.6. The van der Waals surface area contributed by atoms with Crippen molar-refractivity contribution in [2.45, 2.75) is 91.1 Å². The fraction of sp³-hybridized carbons (Fsp3) is 0.450. The Kier molecular flexibility index (Phi) is 11.0. The summed E-state index contributed by atoms with van der Waals surface area (Å²) in [5, 5.41) is 14.0. The van der Waals surface area contributed by atoms with Crippen LogP contribution in [0.3, 0.4) is 0 Å². The van der Waals surface area contributed by atoms with E-state index in [2.05, 4.69) is 120 Å². The number of allylic oxidation sites excluding steroid dienone is 7. The van der Waals surface area contributed by atoms with Crippen LogP contribution in [0.25, 0.3) is 0 Å². The summed E-state index contributed by atoms with van der Waals surface area (Å²) in [7, 11) is 1.81. The molecule has 3 aliphatic rings. The number of amides is 1. The molecule has 2 heterocycles. The van der Waals surface area contributed by atoms with E-state index in [1.807, 2.05) is 33.9 Å². The van der Waals surface area contributed by atoms with E-state index in [4.69, 9.17) is 4.74 Å². The first-order valence-electron chi connectivity index (χ1n) is 17.2. The largest absolute Gasteiger partial charge is 0.691 e. The molecule has 262 valence electrons. The van der Waals surface area contributed by atoms with Crippen LogP contribution in [0.5, 0.6) is 0 Å². The third-order valence-electron chi connectivity index (χ3n) is 9.68. The quantitative estimate of drug-likeness (QED) is 0.0773. The minimum absolute atomic E-state index is 0.155. The predicted octanol–water partition coefficient (Wildman–Crippen LogP) is 8.42. The molecule has 0 atom stereocenters. The highest BCUT2D eigenvalue weighted by Gasteiger charge is 2.44. The van der Waals surface area contributed by atoms with Crippen LogP contribution in [0, 0.1) is 0 Å². The molecule has 2 aliphatic heterocycles. The van der Waals surface area contributed by atoms with Gasteiger partial charge in [-0.15, -0.1) is 0 Å². The van der Waals surface area contributed by atoms with E-state index in [9.17, 15) is 10.1 Å². The zero-order valence-corrected chi connectivity index (χ0v) is 31.3. The average molecular weight is 686 g/mol. The Labute approximate surface area is 296 Å². The van der Waals surface area contributed by atoms with E-state index < -0.39 is 5.60 Å². The number of benzene rings is 2. The number of carbonyl (C=O) groups is 1. The zero-order chi connectivity index (χ0) is 35.6. The van der Waals surface area contributed by atoms with Gasteiger partial charge in [0.2, 0.25) is 5.69 Å². The molecular formula is C40H51N3O5S. The Bertz CT molecular complexity index is 1730. The average Bonchev–Trinajstić information content (AvgIpc) is 3.62. The van der Waals surface area contributed by atoms with E-state index in [1.165, 1.54) is 22.5 Å². The highest BCUT2D eigenvalue weighted by atomic mass is 32.2. The second kappa shape index (κ2) is 14.7. The smallest absolute Gasteiger partial charge is 0.414 e. The third-order valence-corrected chi connectivity index (χ3v) is 10.2. The number of anilines is 1. The first kappa shape index (κ1) is 36.6. The van der Waals surface area contributed by atoms with Crippen molar-refractivity contribution in [1.29, 1.82) is 0 Å². The van der Waals surface area contributed by atoms with Crippen LogP contribution >= 0.6 is 12.0 Å². The lowest BCUT2D eigenvalue weighted by Gasteiger charge is -2.28. The second-order valence-corrected chi connectivity index (χ2v) is 15.7. The molecule has 0 saturated carbocycles. The number of para-hydroxylation sites is 2. The number of hydrogen-bond donors (Lipinski definition) is 0. The molecule has 9 heteroatoms. The molecule has 0 N–H and O–H groups in total. The minimum Gasteiger partial charge on any atom is -0.691 e. The van der Waals surface area contributed by atoms with Crippen molar-refractivity contribution >= 4 is 35.2 Å². The number of likely N-dealkylation sites (N-methyl/N-ethyl adjacent to an activating group) is 1. The molecule has 2 aromatic rings. The molecule has 1 aliphatic carbocycles. The molecule has 0 spiro atoms. The fourth-order valence-corrected chi connectivity index (χ4v) is 7.78. The predicted molar refractivity (Wildman–Crippen MR) is 197 cm³/mol. The molecule has 0 radical (unpaired) electrons. The van der Waals surface area contributed by atoms with Gasteiger partial charge in [0, 0.05) is 72.3 Å². The van der Waals surface area contributed by atoms with Gasteiger partial charge in [-0.05, 0) is 76.3 Å². The second-order valence-electron chi connectivity index (χ2n) is 14.9. The van der Waals surface area contributed by atoms with Crippen molar-refractivity contribution in [3.63, 3.8) is 0 Å². The Hall–Kier alpha value is -3.63. The van der Waals surface area contributed by atoms with Crippen LogP contribution in [-0.4, -0.2) is 52.8 Å². The highest BCUT2D eigenvalue weighted by molar-refractivity contribution is 7.94. The van der Waals surface area contributed by atoms with Gasteiger partial charge in [-0.3, -0.25) is 9.94 Å². The van der Waals surface area contributed by atoms with Crippen LogP contribution in [0.15, 0.2) is 95.4 Å². The van der Waals surface area contributed by atoms with Gasteiger partial charge in [-0.2, -0.15) is 8.91 Å². The van der Waals surface area contributed by atoms with Crippen molar-refractivity contribution < 1.29 is 28.7 Å². The van der Waals surface area contributed by atoms with Crippen molar-refractivity contribution in [3.05, 3.63) is 107 Å². The van der Waals surface area contributed by atoms with Crippen LogP contribution in [-0.2, 0) is 24.9 Å². The van der Waals surface area contributed by atoms with Gasteiger partial charge in [0.1, 0.15) is 12.1 Å². The van der Waals surface area contributed by atoms with Crippen LogP contribution in [0.2, 0.25) is 0 Å². The molecular weight excluding hydrogens is 635 g/mol. The van der Waals surface area contributed by atoms with Crippen molar-refractivity contribution in [1.82, 2.24) is 4.90 Å². The molecule has 2 aromatic carbocycles. The Morgan fingerprint density at radius 2 is 1.69 bits per heavy atom. The van der Waals surface area contributed by atoms with Gasteiger partial charge in [0.05, 0.1) is 11.1 Å². The lowest BCUT2D eigenvalue weighted by Crippen LogP contribution is -2.34. The van der Waals surface area contributed by atoms with Gasteiger partial charge in [0.15, 0.2) is 5.71 Å². The summed E-state index contributed by atoms with van der Waals surface area (Å²) in [6.07, 6.45) is 11.1. The summed E-state index contributed by atoms with van der Waals surface area (Å²) in [4.78, 5) is 17.5. The maximum Gasteiger partial charge on any atom is 0.414 e. The Morgan fingerprint density at radius 1 is 1.00 bits per heavy atom. The summed E-state index contributed by atoms with van der Waals surface area (Å²) in [6, 6.07) is 17.1. The van der Waals surface area contributed by atoms with E-state index in [0.717, 1.165) is 66.1 Å². The third kappa shape index (κ3) is 7.45. The SMILES string of the molecule is CCC[N+]1=C(/C=C/C2=C(N(C)C(=O)OC(C)(C)C)C(=C/C=C3/N(CCSOO[O-])c4ccccc4C3(C)C)/CC2)C(C)(C)c2ccccc21. The molecule has 1 amide bonds. The van der Waals surface area contributed by atoms with Crippen LogP contribution in [0.4, 0.5) is 16.2 Å².